The van der Waals surface area contributed by atoms with Crippen LogP contribution in [-0.2, 0) is 15.0 Å². The Bertz CT molecular complexity index is 863. The molecule has 0 radical (unpaired) electrons. The van der Waals surface area contributed by atoms with Gasteiger partial charge in [0.25, 0.3) is 6.47 Å². The molecule has 0 aromatic heterocycles. The second kappa shape index (κ2) is 9.54. The Morgan fingerprint density at radius 2 is 1.91 bits per heavy atom. The van der Waals surface area contributed by atoms with Crippen LogP contribution in [0.15, 0.2) is 18.2 Å². The average Bonchev–Trinajstić information content (AvgIpc) is 2.90. The first-order chi connectivity index (χ1) is 15.1. The molecule has 2 fully saturated rings. The van der Waals surface area contributed by atoms with Crippen LogP contribution < -0.4 is 10.2 Å². The van der Waals surface area contributed by atoms with Gasteiger partial charge in [0.2, 0.25) is 5.91 Å². The second-order valence-corrected chi connectivity index (χ2v) is 9.51. The smallest absolute Gasteiger partial charge is 0.328 e. The van der Waals surface area contributed by atoms with E-state index in [0.717, 1.165) is 30.5 Å². The number of nitrogens with one attached hydrogen (secondary N) is 1. The van der Waals surface area contributed by atoms with E-state index in [4.69, 9.17) is 9.90 Å². The highest BCUT2D eigenvalue weighted by Crippen LogP contribution is 2.41. The van der Waals surface area contributed by atoms with Crippen molar-refractivity contribution in [1.82, 2.24) is 10.2 Å². The molecule has 8 nitrogen and oxygen atoms in total. The van der Waals surface area contributed by atoms with Crippen LogP contribution in [-0.4, -0.2) is 65.3 Å². The number of hydrogen-bond donors (Lipinski definition) is 3. The summed E-state index contributed by atoms with van der Waals surface area (Å²) in [7, 11) is 0. The zero-order valence-corrected chi connectivity index (χ0v) is 18.6. The third-order valence-corrected chi connectivity index (χ3v) is 6.91. The zero-order valence-electron chi connectivity index (χ0n) is 18.6. The highest BCUT2D eigenvalue weighted by atomic mass is 19.1. The Morgan fingerprint density at radius 3 is 2.47 bits per heavy atom. The summed E-state index contributed by atoms with van der Waals surface area (Å²) in [5, 5.41) is 20.5. The number of fused-ring (bicyclic) bond motifs is 1. The summed E-state index contributed by atoms with van der Waals surface area (Å²) in [6.07, 6.45) is 5.11. The number of urea groups is 1. The fraction of sp³-hybridized carbons (Fsp3) is 0.609. The summed E-state index contributed by atoms with van der Waals surface area (Å²) in [6.45, 7) is 6.01. The summed E-state index contributed by atoms with van der Waals surface area (Å²) < 4.78 is 13.8. The number of aliphatic hydroxyl groups is 1. The molecule has 3 N–H and O–H groups in total. The van der Waals surface area contributed by atoms with Crippen LogP contribution >= 0.6 is 0 Å². The molecule has 32 heavy (non-hydrogen) atoms. The molecule has 1 aromatic carbocycles. The minimum absolute atomic E-state index is 0.0813. The Morgan fingerprint density at radius 1 is 1.28 bits per heavy atom. The van der Waals surface area contributed by atoms with E-state index in [1.54, 1.807) is 19.9 Å². The molecule has 1 aliphatic carbocycles. The number of hydrogen-bond acceptors (Lipinski definition) is 5. The lowest BCUT2D eigenvalue weighted by Crippen LogP contribution is -2.54. The van der Waals surface area contributed by atoms with E-state index in [1.165, 1.54) is 31.4 Å². The predicted octanol–water partition coefficient (Wildman–Crippen LogP) is 2.49. The summed E-state index contributed by atoms with van der Waals surface area (Å²) in [4.78, 5) is 37.4. The molecule has 0 unspecified atom stereocenters. The molecule has 0 spiro atoms. The summed E-state index contributed by atoms with van der Waals surface area (Å²) in [5.74, 6) is -0.0895. The first-order valence-corrected chi connectivity index (χ1v) is 11.1. The molecule has 0 bridgehead atoms. The van der Waals surface area contributed by atoms with Gasteiger partial charge in [-0.3, -0.25) is 9.59 Å². The number of carbonyl (C=O) groups excluding carboxylic acids is 2. The maximum absolute atomic E-state index is 13.8. The highest BCUT2D eigenvalue weighted by molar-refractivity contribution is 6.22. The summed E-state index contributed by atoms with van der Waals surface area (Å²) in [6, 6.07) is 3.46. The fourth-order valence-corrected chi connectivity index (χ4v) is 4.61. The molecule has 3 aliphatic rings. The van der Waals surface area contributed by atoms with E-state index in [2.05, 4.69) is 10.2 Å². The minimum atomic E-state index is -0.977. The van der Waals surface area contributed by atoms with Crippen LogP contribution in [0.4, 0.5) is 14.9 Å². The number of likely N-dealkylation sites (tertiary alicyclic amines) is 1. The number of piperidine rings is 1. The molecule has 2 aliphatic heterocycles. The van der Waals surface area contributed by atoms with Crippen LogP contribution in [0, 0.1) is 11.7 Å². The van der Waals surface area contributed by atoms with Gasteiger partial charge in [-0.05, 0) is 63.1 Å². The van der Waals surface area contributed by atoms with Crippen molar-refractivity contribution in [1.29, 1.82) is 0 Å². The van der Waals surface area contributed by atoms with Crippen LogP contribution in [0.1, 0.15) is 51.5 Å². The largest absolute Gasteiger partial charge is 0.483 e. The van der Waals surface area contributed by atoms with Crippen molar-refractivity contribution in [3.05, 3.63) is 29.6 Å². The van der Waals surface area contributed by atoms with Crippen molar-refractivity contribution in [2.75, 3.05) is 31.1 Å². The zero-order chi connectivity index (χ0) is 23.5. The summed E-state index contributed by atoms with van der Waals surface area (Å²) >= 11 is 0. The van der Waals surface area contributed by atoms with Gasteiger partial charge in [0.15, 0.2) is 0 Å². The lowest BCUT2D eigenvalue weighted by atomic mass is 9.84. The van der Waals surface area contributed by atoms with Gasteiger partial charge in [0, 0.05) is 26.2 Å². The molecule has 9 heteroatoms. The number of nitrogens with zero attached hydrogens (tertiary/aromatic N) is 2. The number of anilines is 1. The Kier molecular flexibility index (Phi) is 7.19. The number of carboxylic acid groups (broad SMARTS) is 1. The van der Waals surface area contributed by atoms with E-state index < -0.39 is 28.8 Å². The van der Waals surface area contributed by atoms with Crippen molar-refractivity contribution in [3.63, 3.8) is 0 Å². The Balaban J connectivity index is 0.000000913. The third-order valence-electron chi connectivity index (χ3n) is 6.91. The number of amides is 3. The van der Waals surface area contributed by atoms with Crippen molar-refractivity contribution < 1.29 is 29.0 Å². The van der Waals surface area contributed by atoms with E-state index >= 15 is 0 Å². The van der Waals surface area contributed by atoms with Crippen molar-refractivity contribution in [3.8, 4) is 0 Å². The van der Waals surface area contributed by atoms with Crippen LogP contribution in [0.25, 0.3) is 0 Å². The second-order valence-electron chi connectivity index (χ2n) is 9.51. The lowest BCUT2D eigenvalue weighted by Gasteiger charge is -2.41. The number of imide groups is 1. The average molecular weight is 450 g/mol. The number of carbonyl (C=O) groups is 3. The van der Waals surface area contributed by atoms with Gasteiger partial charge < -0.3 is 20.4 Å². The molecule has 2 heterocycles. The number of rotatable bonds is 4. The van der Waals surface area contributed by atoms with Gasteiger partial charge >= 0.3 is 6.03 Å². The quantitative estimate of drug-likeness (QED) is 0.609. The highest BCUT2D eigenvalue weighted by Gasteiger charge is 2.47. The Hall–Kier alpha value is -2.52. The van der Waals surface area contributed by atoms with Gasteiger partial charge in [0.1, 0.15) is 5.82 Å². The van der Waals surface area contributed by atoms with Gasteiger partial charge in [-0.15, -0.1) is 0 Å². The van der Waals surface area contributed by atoms with E-state index in [0.29, 0.717) is 18.4 Å². The molecule has 4 rings (SSSR count). The molecule has 3 amide bonds. The van der Waals surface area contributed by atoms with Gasteiger partial charge in [-0.2, -0.15) is 0 Å². The SMILES string of the molecule is CC1(C)C(=O)N(C(=O)NCC2(O)CCN(CC3CCC3)CC2)c2cc(F)ccc21.O=CO. The van der Waals surface area contributed by atoms with Gasteiger partial charge in [-0.25, -0.2) is 14.1 Å². The monoisotopic (exact) mass is 449 g/mol. The first kappa shape index (κ1) is 24.1. The van der Waals surface area contributed by atoms with Crippen LogP contribution in [0.3, 0.4) is 0 Å². The van der Waals surface area contributed by atoms with Gasteiger partial charge in [0.05, 0.1) is 16.7 Å². The molecule has 1 aromatic rings. The summed E-state index contributed by atoms with van der Waals surface area (Å²) in [5.41, 5.74) is -0.972. The normalized spacial score (nSPS) is 21.8. The van der Waals surface area contributed by atoms with E-state index in [1.807, 2.05) is 0 Å². The topological polar surface area (TPSA) is 110 Å². The fourth-order valence-electron chi connectivity index (χ4n) is 4.61. The van der Waals surface area contributed by atoms with Crippen molar-refractivity contribution >= 4 is 24.1 Å². The molecular formula is C23H32FN3O5. The predicted molar refractivity (Wildman–Crippen MR) is 117 cm³/mol. The van der Waals surface area contributed by atoms with Crippen LogP contribution in [0.5, 0.6) is 0 Å². The molecule has 0 atom stereocenters. The molecule has 1 saturated carbocycles. The van der Waals surface area contributed by atoms with E-state index in [9.17, 15) is 19.1 Å². The molecule has 176 valence electrons. The van der Waals surface area contributed by atoms with Crippen molar-refractivity contribution in [2.24, 2.45) is 5.92 Å². The standard InChI is InChI=1S/C22H30FN3O3.CH2O2/c1-21(2)17-7-6-16(23)12-18(17)26(19(21)27)20(28)24-14-22(29)8-10-25(11-9-22)13-15-4-3-5-15;2-1-3/h6-7,12,15,29H,3-5,8-11,13-14H2,1-2H3,(H,24,28);1H,(H,2,3). The molecular weight excluding hydrogens is 417 g/mol. The lowest BCUT2D eigenvalue weighted by molar-refractivity contribution is -0.123. The van der Waals surface area contributed by atoms with Crippen LogP contribution in [0.2, 0.25) is 0 Å². The molecule has 1 saturated heterocycles. The van der Waals surface area contributed by atoms with E-state index in [-0.39, 0.29) is 18.7 Å². The van der Waals surface area contributed by atoms with Gasteiger partial charge in [-0.1, -0.05) is 12.5 Å². The number of benzene rings is 1. The number of halogens is 1. The Labute approximate surface area is 187 Å². The minimum Gasteiger partial charge on any atom is -0.483 e. The maximum Gasteiger partial charge on any atom is 0.328 e. The first-order valence-electron chi connectivity index (χ1n) is 11.1. The van der Waals surface area contributed by atoms with Crippen molar-refractivity contribution in [2.45, 2.75) is 57.0 Å². The third kappa shape index (κ3) is 4.94. The maximum atomic E-state index is 13.8.